The molecule has 0 atom stereocenters. The molecule has 21 heavy (non-hydrogen) atoms. The van der Waals surface area contributed by atoms with E-state index in [0.29, 0.717) is 36.5 Å². The summed E-state index contributed by atoms with van der Waals surface area (Å²) in [6, 6.07) is 1.78. The van der Waals surface area contributed by atoms with Crippen LogP contribution in [-0.4, -0.2) is 42.6 Å². The number of rotatable bonds is 9. The molecule has 0 aromatic carbocycles. The molecular formula is C14H25N5O2. The van der Waals surface area contributed by atoms with Gasteiger partial charge in [-0.3, -0.25) is 4.79 Å². The summed E-state index contributed by atoms with van der Waals surface area (Å²) in [4.78, 5) is 20.3. The average molecular weight is 295 g/mol. The Kier molecular flexibility index (Phi) is 7.45. The molecule has 1 amide bonds. The van der Waals surface area contributed by atoms with Crippen LogP contribution in [-0.2, 0) is 16.1 Å². The molecule has 1 aromatic heterocycles. The zero-order valence-corrected chi connectivity index (χ0v) is 13.2. The number of nitrogens with zero attached hydrogens (tertiary/aromatic N) is 2. The third-order valence-electron chi connectivity index (χ3n) is 2.54. The molecule has 7 nitrogen and oxygen atoms in total. The van der Waals surface area contributed by atoms with Crippen molar-refractivity contribution in [3.05, 3.63) is 11.9 Å². The average Bonchev–Trinajstić information content (AvgIpc) is 2.43. The molecule has 0 fully saturated rings. The summed E-state index contributed by atoms with van der Waals surface area (Å²) in [5.74, 6) is 2.26. The van der Waals surface area contributed by atoms with Crippen LogP contribution in [0.25, 0.3) is 0 Å². The van der Waals surface area contributed by atoms with Crippen LogP contribution in [0.15, 0.2) is 6.07 Å². The van der Waals surface area contributed by atoms with Gasteiger partial charge in [0.15, 0.2) is 5.82 Å². The van der Waals surface area contributed by atoms with Gasteiger partial charge in [-0.2, -0.15) is 0 Å². The highest BCUT2D eigenvalue weighted by Gasteiger charge is 2.06. The maximum Gasteiger partial charge on any atom is 0.239 e. The molecule has 0 unspecified atom stereocenters. The predicted octanol–water partition coefficient (Wildman–Crippen LogP) is 1.24. The maximum atomic E-state index is 11.7. The normalized spacial score (nSPS) is 10.5. The molecule has 1 heterocycles. The van der Waals surface area contributed by atoms with Crippen LogP contribution in [0.1, 0.15) is 26.6 Å². The van der Waals surface area contributed by atoms with E-state index < -0.39 is 0 Å². The molecule has 1 aromatic rings. The number of amides is 1. The molecule has 1 rings (SSSR count). The molecule has 118 valence electrons. The SMILES string of the molecule is CCNc1cc(NCC(=O)NCC(C)C)nc(COC)n1. The number of hydrogen-bond acceptors (Lipinski definition) is 6. The van der Waals surface area contributed by atoms with Gasteiger partial charge in [-0.15, -0.1) is 0 Å². The molecule has 3 N–H and O–H groups in total. The van der Waals surface area contributed by atoms with Crippen LogP contribution in [0, 0.1) is 5.92 Å². The first-order valence-corrected chi connectivity index (χ1v) is 7.16. The van der Waals surface area contributed by atoms with Gasteiger partial charge in [0, 0.05) is 26.3 Å². The summed E-state index contributed by atoms with van der Waals surface area (Å²) in [5.41, 5.74) is 0. The van der Waals surface area contributed by atoms with Crippen molar-refractivity contribution in [1.29, 1.82) is 0 Å². The lowest BCUT2D eigenvalue weighted by Gasteiger charge is -2.11. The lowest BCUT2D eigenvalue weighted by molar-refractivity contribution is -0.119. The Morgan fingerprint density at radius 2 is 1.95 bits per heavy atom. The highest BCUT2D eigenvalue weighted by atomic mass is 16.5. The van der Waals surface area contributed by atoms with Gasteiger partial charge in [-0.05, 0) is 12.8 Å². The Labute approximate surface area is 125 Å². The number of hydrogen-bond donors (Lipinski definition) is 3. The van der Waals surface area contributed by atoms with Gasteiger partial charge in [-0.1, -0.05) is 13.8 Å². The monoisotopic (exact) mass is 295 g/mol. The smallest absolute Gasteiger partial charge is 0.239 e. The number of carbonyl (C=O) groups is 1. The van der Waals surface area contributed by atoms with Gasteiger partial charge < -0.3 is 20.7 Å². The van der Waals surface area contributed by atoms with E-state index in [4.69, 9.17) is 4.74 Å². The van der Waals surface area contributed by atoms with Crippen molar-refractivity contribution >= 4 is 17.5 Å². The topological polar surface area (TPSA) is 88.2 Å². The largest absolute Gasteiger partial charge is 0.377 e. The van der Waals surface area contributed by atoms with Crippen molar-refractivity contribution in [3.8, 4) is 0 Å². The van der Waals surface area contributed by atoms with E-state index in [1.54, 1.807) is 13.2 Å². The minimum atomic E-state index is -0.0550. The number of aromatic nitrogens is 2. The van der Waals surface area contributed by atoms with Gasteiger partial charge in [-0.25, -0.2) is 9.97 Å². The standard InChI is InChI=1S/C14H25N5O2/c1-5-15-11-6-12(19-13(18-11)9-21-4)16-8-14(20)17-7-10(2)3/h6,10H,5,7-9H2,1-4H3,(H,17,20)(H2,15,16,18,19). The van der Waals surface area contributed by atoms with Crippen LogP contribution in [0.2, 0.25) is 0 Å². The zero-order valence-electron chi connectivity index (χ0n) is 13.2. The molecule has 0 saturated carbocycles. The minimum Gasteiger partial charge on any atom is -0.377 e. The fraction of sp³-hybridized carbons (Fsp3) is 0.643. The summed E-state index contributed by atoms with van der Waals surface area (Å²) in [6.45, 7) is 8.04. The van der Waals surface area contributed by atoms with Crippen LogP contribution in [0.5, 0.6) is 0 Å². The third-order valence-corrected chi connectivity index (χ3v) is 2.54. The molecule has 0 bridgehead atoms. The van der Waals surface area contributed by atoms with Gasteiger partial charge >= 0.3 is 0 Å². The fourth-order valence-electron chi connectivity index (χ4n) is 1.60. The highest BCUT2D eigenvalue weighted by Crippen LogP contribution is 2.11. The maximum absolute atomic E-state index is 11.7. The number of nitrogens with one attached hydrogen (secondary N) is 3. The van der Waals surface area contributed by atoms with Crippen LogP contribution < -0.4 is 16.0 Å². The minimum absolute atomic E-state index is 0.0550. The Morgan fingerprint density at radius 3 is 2.52 bits per heavy atom. The van der Waals surface area contributed by atoms with Crippen molar-refractivity contribution < 1.29 is 9.53 Å². The zero-order chi connectivity index (χ0) is 15.7. The third kappa shape index (κ3) is 6.89. The molecule has 0 aliphatic heterocycles. The molecular weight excluding hydrogens is 270 g/mol. The molecule has 0 aliphatic rings. The van der Waals surface area contributed by atoms with E-state index in [2.05, 4.69) is 39.8 Å². The number of anilines is 2. The molecule has 0 saturated heterocycles. The van der Waals surface area contributed by atoms with E-state index in [-0.39, 0.29) is 12.5 Å². The summed E-state index contributed by atoms with van der Waals surface area (Å²) < 4.78 is 5.05. The molecule has 7 heteroatoms. The van der Waals surface area contributed by atoms with E-state index in [1.807, 2.05) is 6.92 Å². The van der Waals surface area contributed by atoms with Crippen molar-refractivity contribution in [3.63, 3.8) is 0 Å². The number of methoxy groups -OCH3 is 1. The number of ether oxygens (including phenoxy) is 1. The molecule has 0 spiro atoms. The van der Waals surface area contributed by atoms with Crippen LogP contribution in [0.3, 0.4) is 0 Å². The van der Waals surface area contributed by atoms with Crippen molar-refractivity contribution in [2.24, 2.45) is 5.92 Å². The van der Waals surface area contributed by atoms with E-state index in [0.717, 1.165) is 6.54 Å². The van der Waals surface area contributed by atoms with Crippen molar-refractivity contribution in [2.45, 2.75) is 27.4 Å². The van der Waals surface area contributed by atoms with E-state index in [9.17, 15) is 4.79 Å². The Bertz CT molecular complexity index is 427. The second-order valence-corrected chi connectivity index (χ2v) is 5.07. The van der Waals surface area contributed by atoms with Crippen molar-refractivity contribution in [1.82, 2.24) is 15.3 Å². The Balaban J connectivity index is 2.62. The quantitative estimate of drug-likeness (QED) is 0.635. The molecule has 0 aliphatic carbocycles. The molecule has 0 radical (unpaired) electrons. The second kappa shape index (κ2) is 9.12. The van der Waals surface area contributed by atoms with Crippen LogP contribution in [0.4, 0.5) is 11.6 Å². The predicted molar refractivity (Wildman–Crippen MR) is 83.2 cm³/mol. The van der Waals surface area contributed by atoms with E-state index >= 15 is 0 Å². The van der Waals surface area contributed by atoms with Gasteiger partial charge in [0.25, 0.3) is 0 Å². The highest BCUT2D eigenvalue weighted by molar-refractivity contribution is 5.80. The lowest BCUT2D eigenvalue weighted by atomic mass is 10.2. The summed E-state index contributed by atoms with van der Waals surface area (Å²) in [7, 11) is 1.59. The second-order valence-electron chi connectivity index (χ2n) is 5.07. The summed E-state index contributed by atoms with van der Waals surface area (Å²) in [6.07, 6.45) is 0. The Hall–Kier alpha value is -1.89. The van der Waals surface area contributed by atoms with Gasteiger partial charge in [0.05, 0.1) is 6.54 Å². The van der Waals surface area contributed by atoms with Crippen LogP contribution >= 0.6 is 0 Å². The van der Waals surface area contributed by atoms with Gasteiger partial charge in [0.1, 0.15) is 18.2 Å². The first-order chi connectivity index (χ1) is 10.0. The Morgan fingerprint density at radius 1 is 1.29 bits per heavy atom. The first-order valence-electron chi connectivity index (χ1n) is 7.16. The number of carbonyl (C=O) groups excluding carboxylic acids is 1. The van der Waals surface area contributed by atoms with Gasteiger partial charge in [0.2, 0.25) is 5.91 Å². The summed E-state index contributed by atoms with van der Waals surface area (Å²) >= 11 is 0. The van der Waals surface area contributed by atoms with E-state index in [1.165, 1.54) is 0 Å². The first kappa shape index (κ1) is 17.2. The van der Waals surface area contributed by atoms with Crippen molar-refractivity contribution in [2.75, 3.05) is 37.4 Å². The summed E-state index contributed by atoms with van der Waals surface area (Å²) in [5, 5.41) is 8.98. The lowest BCUT2D eigenvalue weighted by Crippen LogP contribution is -2.32. The fourth-order valence-corrected chi connectivity index (χ4v) is 1.60.